The fourth-order valence-corrected chi connectivity index (χ4v) is 3.87. The van der Waals surface area contributed by atoms with Crippen LogP contribution < -0.4 is 5.32 Å². The van der Waals surface area contributed by atoms with Crippen LogP contribution in [0.2, 0.25) is 5.02 Å². The number of halogens is 1. The van der Waals surface area contributed by atoms with E-state index in [-0.39, 0.29) is 23.7 Å². The predicted octanol–water partition coefficient (Wildman–Crippen LogP) is 3.61. The number of hydrogen-bond acceptors (Lipinski definition) is 4. The van der Waals surface area contributed by atoms with E-state index in [1.54, 1.807) is 28.9 Å². The number of hydrogen-bond donors (Lipinski definition) is 1. The molecule has 0 aliphatic carbocycles. The van der Waals surface area contributed by atoms with Crippen LogP contribution >= 0.6 is 11.6 Å². The quantitative estimate of drug-likeness (QED) is 0.776. The van der Waals surface area contributed by atoms with Gasteiger partial charge in [0.25, 0.3) is 0 Å². The third kappa shape index (κ3) is 4.28. The molecule has 1 unspecified atom stereocenters. The van der Waals surface area contributed by atoms with Gasteiger partial charge in [0.2, 0.25) is 5.91 Å². The van der Waals surface area contributed by atoms with Crippen molar-refractivity contribution in [3.8, 4) is 0 Å². The number of rotatable bonds is 5. The number of Topliss-reactive ketones (excluding diaryl/α,β-unsaturated/α-hetero) is 1. The largest absolute Gasteiger partial charge is 0.322 e. The van der Waals surface area contributed by atoms with Gasteiger partial charge in [-0.2, -0.15) is 5.10 Å². The summed E-state index contributed by atoms with van der Waals surface area (Å²) in [5, 5.41) is 7.99. The highest BCUT2D eigenvalue weighted by atomic mass is 35.5. The number of piperidine rings is 1. The molecule has 2 heterocycles. The molecule has 1 amide bonds. The van der Waals surface area contributed by atoms with E-state index >= 15 is 0 Å². The van der Waals surface area contributed by atoms with Gasteiger partial charge in [-0.3, -0.25) is 19.2 Å². The summed E-state index contributed by atoms with van der Waals surface area (Å²) in [6.45, 7) is 7.19. The minimum atomic E-state index is -0.259. The van der Waals surface area contributed by atoms with Crippen LogP contribution in [0.15, 0.2) is 24.3 Å². The summed E-state index contributed by atoms with van der Waals surface area (Å²) in [5.74, 6) is 0.118. The van der Waals surface area contributed by atoms with Gasteiger partial charge in [-0.15, -0.1) is 0 Å². The van der Waals surface area contributed by atoms with Crippen LogP contribution in [0.3, 0.4) is 0 Å². The number of nitrogens with one attached hydrogen (secondary N) is 1. The average molecular weight is 403 g/mol. The molecule has 6 nitrogen and oxygen atoms in total. The second-order valence-electron chi connectivity index (χ2n) is 7.52. The van der Waals surface area contributed by atoms with Gasteiger partial charge in [-0.1, -0.05) is 11.6 Å². The Balaban J connectivity index is 1.57. The summed E-state index contributed by atoms with van der Waals surface area (Å²) in [6, 6.07) is 6.81. The van der Waals surface area contributed by atoms with Crippen LogP contribution in [0.1, 0.15) is 41.5 Å². The number of aryl methyl sites for hydroxylation is 2. The van der Waals surface area contributed by atoms with Crippen molar-refractivity contribution in [2.75, 3.05) is 18.4 Å². The third-order valence-electron chi connectivity index (χ3n) is 5.71. The number of amides is 1. The molecule has 3 rings (SSSR count). The first-order valence-electron chi connectivity index (χ1n) is 9.62. The number of likely N-dealkylation sites (tertiary alicyclic amines) is 1. The summed E-state index contributed by atoms with van der Waals surface area (Å²) in [6.07, 6.45) is 1.51. The minimum absolute atomic E-state index is 0.00417. The Morgan fingerprint density at radius 3 is 2.32 bits per heavy atom. The number of aromatic nitrogens is 2. The van der Waals surface area contributed by atoms with E-state index in [2.05, 4.69) is 15.3 Å². The van der Waals surface area contributed by atoms with Crippen molar-refractivity contribution < 1.29 is 9.59 Å². The van der Waals surface area contributed by atoms with Crippen molar-refractivity contribution in [2.45, 2.75) is 39.7 Å². The van der Waals surface area contributed by atoms with Gasteiger partial charge in [0, 0.05) is 23.6 Å². The Labute approximate surface area is 170 Å². The Morgan fingerprint density at radius 1 is 1.18 bits per heavy atom. The van der Waals surface area contributed by atoms with E-state index in [4.69, 9.17) is 11.6 Å². The Morgan fingerprint density at radius 2 is 1.79 bits per heavy atom. The number of anilines is 1. The zero-order chi connectivity index (χ0) is 20.4. The topological polar surface area (TPSA) is 67.2 Å². The molecule has 28 heavy (non-hydrogen) atoms. The Hall–Kier alpha value is -2.18. The van der Waals surface area contributed by atoms with Crippen molar-refractivity contribution >= 4 is 29.0 Å². The lowest BCUT2D eigenvalue weighted by molar-refractivity contribution is -0.121. The van der Waals surface area contributed by atoms with E-state index in [1.165, 1.54) is 0 Å². The van der Waals surface area contributed by atoms with Gasteiger partial charge in [-0.05, 0) is 71.0 Å². The second-order valence-corrected chi connectivity index (χ2v) is 7.95. The number of ketones is 1. The van der Waals surface area contributed by atoms with Gasteiger partial charge in [0.15, 0.2) is 5.78 Å². The zero-order valence-corrected chi connectivity index (χ0v) is 17.6. The maximum absolute atomic E-state index is 12.7. The number of carbonyl (C=O) groups excluding carboxylic acids is 2. The van der Waals surface area contributed by atoms with E-state index in [9.17, 15) is 9.59 Å². The number of benzene rings is 1. The Kier molecular flexibility index (Phi) is 6.20. The van der Waals surface area contributed by atoms with Gasteiger partial charge in [0.05, 0.1) is 23.1 Å². The molecule has 1 saturated heterocycles. The normalized spacial score (nSPS) is 16.8. The van der Waals surface area contributed by atoms with E-state index < -0.39 is 0 Å². The molecule has 0 saturated carbocycles. The molecular formula is C21H27ClN4O2. The van der Waals surface area contributed by atoms with Gasteiger partial charge in [-0.25, -0.2) is 0 Å². The molecule has 0 spiro atoms. The van der Waals surface area contributed by atoms with Crippen LogP contribution in [0.4, 0.5) is 5.69 Å². The fourth-order valence-electron chi connectivity index (χ4n) is 3.75. The summed E-state index contributed by atoms with van der Waals surface area (Å²) >= 11 is 5.90. The first-order valence-corrected chi connectivity index (χ1v) is 10.0. The molecule has 1 aromatic carbocycles. The van der Waals surface area contributed by atoms with Crippen LogP contribution in [0, 0.1) is 19.8 Å². The monoisotopic (exact) mass is 402 g/mol. The first kappa shape index (κ1) is 20.6. The van der Waals surface area contributed by atoms with Gasteiger partial charge < -0.3 is 5.32 Å². The molecule has 2 aromatic rings. The summed E-state index contributed by atoms with van der Waals surface area (Å²) < 4.78 is 1.77. The first-order chi connectivity index (χ1) is 13.3. The Bertz CT molecular complexity index is 867. The molecule has 1 aliphatic heterocycles. The summed E-state index contributed by atoms with van der Waals surface area (Å²) in [5.41, 5.74) is 3.24. The van der Waals surface area contributed by atoms with Crippen molar-refractivity contribution in [2.24, 2.45) is 13.0 Å². The number of nitrogens with zero attached hydrogens (tertiary/aromatic N) is 3. The smallest absolute Gasteiger partial charge is 0.241 e. The molecule has 1 aliphatic rings. The lowest BCUT2D eigenvalue weighted by Crippen LogP contribution is -2.47. The SMILES string of the molecule is Cc1nn(C)c(C)c1NC(=O)C(C)N1CCC(C(=O)c2ccc(Cl)cc2)CC1. The van der Waals surface area contributed by atoms with Crippen LogP contribution in [0.5, 0.6) is 0 Å². The van der Waals surface area contributed by atoms with E-state index in [0.29, 0.717) is 10.6 Å². The molecule has 7 heteroatoms. The maximum atomic E-state index is 12.7. The highest BCUT2D eigenvalue weighted by Crippen LogP contribution is 2.25. The molecule has 0 radical (unpaired) electrons. The average Bonchev–Trinajstić information content (AvgIpc) is 2.93. The summed E-state index contributed by atoms with van der Waals surface area (Å²) in [7, 11) is 1.86. The van der Waals surface area contributed by atoms with Crippen LogP contribution in [0.25, 0.3) is 0 Å². The molecule has 1 aromatic heterocycles. The van der Waals surface area contributed by atoms with Crippen molar-refractivity contribution in [3.05, 3.63) is 46.2 Å². The molecule has 1 atom stereocenters. The second kappa shape index (κ2) is 8.45. The standard InChI is InChI=1S/C21H27ClN4O2/c1-13-19(14(2)25(4)24-13)23-21(28)15(3)26-11-9-17(10-12-26)20(27)16-5-7-18(22)8-6-16/h5-8,15,17H,9-12H2,1-4H3,(H,23,28). The van der Waals surface area contributed by atoms with Crippen molar-refractivity contribution in [1.82, 2.24) is 14.7 Å². The van der Waals surface area contributed by atoms with Crippen LogP contribution in [-0.2, 0) is 11.8 Å². The molecular weight excluding hydrogens is 376 g/mol. The maximum Gasteiger partial charge on any atom is 0.241 e. The zero-order valence-electron chi connectivity index (χ0n) is 16.8. The number of carbonyl (C=O) groups is 2. The van der Waals surface area contributed by atoms with E-state index in [0.717, 1.165) is 43.0 Å². The van der Waals surface area contributed by atoms with Crippen molar-refractivity contribution in [1.29, 1.82) is 0 Å². The fraction of sp³-hybridized carbons (Fsp3) is 0.476. The highest BCUT2D eigenvalue weighted by molar-refractivity contribution is 6.30. The van der Waals surface area contributed by atoms with E-state index in [1.807, 2.05) is 27.8 Å². The van der Waals surface area contributed by atoms with Gasteiger partial charge >= 0.3 is 0 Å². The predicted molar refractivity (Wildman–Crippen MR) is 111 cm³/mol. The third-order valence-corrected chi connectivity index (χ3v) is 5.97. The molecule has 150 valence electrons. The molecule has 1 N–H and O–H groups in total. The summed E-state index contributed by atoms with van der Waals surface area (Å²) in [4.78, 5) is 27.6. The highest BCUT2D eigenvalue weighted by Gasteiger charge is 2.30. The molecule has 0 bridgehead atoms. The van der Waals surface area contributed by atoms with Gasteiger partial charge in [0.1, 0.15) is 0 Å². The lowest BCUT2D eigenvalue weighted by atomic mass is 9.88. The van der Waals surface area contributed by atoms with Crippen molar-refractivity contribution in [3.63, 3.8) is 0 Å². The minimum Gasteiger partial charge on any atom is -0.322 e. The van der Waals surface area contributed by atoms with Crippen LogP contribution in [-0.4, -0.2) is 45.5 Å². The lowest BCUT2D eigenvalue weighted by Gasteiger charge is -2.34. The molecule has 1 fully saturated rings.